The molecule has 0 heterocycles. The van der Waals surface area contributed by atoms with Crippen LogP contribution in [0.4, 0.5) is 10.5 Å². The van der Waals surface area contributed by atoms with Crippen molar-refractivity contribution in [3.63, 3.8) is 0 Å². The fraction of sp³-hybridized carbons (Fsp3) is 0.235. The van der Waals surface area contributed by atoms with Gasteiger partial charge in [-0.3, -0.25) is 0 Å². The smallest absolute Gasteiger partial charge is 0.319 e. The lowest BCUT2D eigenvalue weighted by Crippen LogP contribution is -2.32. The molecule has 2 N–H and O–H groups in total. The third kappa shape index (κ3) is 5.83. The maximum absolute atomic E-state index is 11.8. The normalized spacial score (nSPS) is 10.1. The number of ether oxygens (including phenoxy) is 2. The Morgan fingerprint density at radius 1 is 1.04 bits per heavy atom. The van der Waals surface area contributed by atoms with Gasteiger partial charge in [0.05, 0.1) is 23.2 Å². The fourth-order valence-electron chi connectivity index (χ4n) is 1.90. The molecule has 0 saturated heterocycles. The minimum atomic E-state index is -0.347. The van der Waals surface area contributed by atoms with E-state index in [1.54, 1.807) is 24.3 Å². The van der Waals surface area contributed by atoms with Crippen LogP contribution in [0.5, 0.6) is 11.5 Å². The summed E-state index contributed by atoms with van der Waals surface area (Å²) in [5.74, 6) is 1.44. The predicted octanol–water partition coefficient (Wildman–Crippen LogP) is 4.59. The van der Waals surface area contributed by atoms with Gasteiger partial charge in [0.15, 0.2) is 0 Å². The predicted molar refractivity (Wildman–Crippen MR) is 96.6 cm³/mol. The molecule has 0 spiro atoms. The van der Waals surface area contributed by atoms with Crippen LogP contribution < -0.4 is 20.1 Å². The number of rotatable bonds is 7. The molecule has 0 unspecified atom stereocenters. The highest BCUT2D eigenvalue weighted by molar-refractivity contribution is 6.42. The monoisotopic (exact) mass is 368 g/mol. The average molecular weight is 369 g/mol. The van der Waals surface area contributed by atoms with Crippen molar-refractivity contribution in [1.82, 2.24) is 5.32 Å². The summed E-state index contributed by atoms with van der Waals surface area (Å²) in [5.41, 5.74) is 0.562. The van der Waals surface area contributed by atoms with E-state index in [0.717, 1.165) is 5.75 Å². The SMILES string of the molecule is CCOc1cccc(OCCNC(=O)Nc2ccc(Cl)c(Cl)c2)c1. The molecule has 128 valence electrons. The second-order valence-electron chi connectivity index (χ2n) is 4.77. The molecule has 2 aromatic rings. The van der Waals surface area contributed by atoms with Crippen LogP contribution in [0.1, 0.15) is 6.92 Å². The Balaban J connectivity index is 1.72. The van der Waals surface area contributed by atoms with Crippen LogP contribution in [-0.2, 0) is 0 Å². The highest BCUT2D eigenvalue weighted by Gasteiger charge is 2.04. The van der Waals surface area contributed by atoms with Gasteiger partial charge in [0.2, 0.25) is 0 Å². The lowest BCUT2D eigenvalue weighted by molar-refractivity contribution is 0.247. The number of carbonyl (C=O) groups is 1. The van der Waals surface area contributed by atoms with Crippen molar-refractivity contribution in [2.24, 2.45) is 0 Å². The minimum Gasteiger partial charge on any atom is -0.494 e. The summed E-state index contributed by atoms with van der Waals surface area (Å²) in [5, 5.41) is 6.18. The first kappa shape index (κ1) is 18.2. The van der Waals surface area contributed by atoms with Crippen LogP contribution in [0.2, 0.25) is 10.0 Å². The van der Waals surface area contributed by atoms with Crippen molar-refractivity contribution < 1.29 is 14.3 Å². The summed E-state index contributed by atoms with van der Waals surface area (Å²) >= 11 is 11.7. The molecule has 7 heteroatoms. The van der Waals surface area contributed by atoms with Crippen LogP contribution in [0.3, 0.4) is 0 Å². The number of hydrogen-bond acceptors (Lipinski definition) is 3. The highest BCUT2D eigenvalue weighted by Crippen LogP contribution is 2.24. The molecule has 0 saturated carbocycles. The number of halogens is 2. The Hall–Kier alpha value is -2.11. The Morgan fingerprint density at radius 3 is 2.50 bits per heavy atom. The first-order valence-electron chi connectivity index (χ1n) is 7.44. The summed E-state index contributed by atoms with van der Waals surface area (Å²) in [6.07, 6.45) is 0. The standard InChI is InChI=1S/C17H18Cl2N2O3/c1-2-23-13-4-3-5-14(11-13)24-9-8-20-17(22)21-12-6-7-15(18)16(19)10-12/h3-7,10-11H,2,8-9H2,1H3,(H2,20,21,22). The largest absolute Gasteiger partial charge is 0.494 e. The molecule has 0 aromatic heterocycles. The van der Waals surface area contributed by atoms with Crippen LogP contribution in [0, 0.1) is 0 Å². The summed E-state index contributed by atoms with van der Waals surface area (Å²) in [6, 6.07) is 11.9. The number of anilines is 1. The van der Waals surface area contributed by atoms with Gasteiger partial charge in [0.1, 0.15) is 18.1 Å². The maximum Gasteiger partial charge on any atom is 0.319 e. The second-order valence-corrected chi connectivity index (χ2v) is 5.58. The lowest BCUT2D eigenvalue weighted by atomic mass is 10.3. The van der Waals surface area contributed by atoms with E-state index in [1.165, 1.54) is 0 Å². The minimum absolute atomic E-state index is 0.338. The molecule has 2 amide bonds. The Labute approximate surface area is 150 Å². The van der Waals surface area contributed by atoms with Crippen molar-refractivity contribution in [2.75, 3.05) is 25.1 Å². The number of nitrogens with one attached hydrogen (secondary N) is 2. The summed E-state index contributed by atoms with van der Waals surface area (Å²) in [7, 11) is 0. The van der Waals surface area contributed by atoms with Crippen molar-refractivity contribution >= 4 is 34.9 Å². The zero-order valence-electron chi connectivity index (χ0n) is 13.1. The molecule has 0 aliphatic carbocycles. The summed E-state index contributed by atoms with van der Waals surface area (Å²) in [6.45, 7) is 3.21. The van der Waals surface area contributed by atoms with Gasteiger partial charge in [-0.2, -0.15) is 0 Å². The van der Waals surface area contributed by atoms with E-state index in [4.69, 9.17) is 32.7 Å². The summed E-state index contributed by atoms with van der Waals surface area (Å²) in [4.78, 5) is 11.8. The van der Waals surface area contributed by atoms with E-state index in [1.807, 2.05) is 25.1 Å². The van der Waals surface area contributed by atoms with Gasteiger partial charge in [0.25, 0.3) is 0 Å². The molecule has 0 fully saturated rings. The maximum atomic E-state index is 11.8. The van der Waals surface area contributed by atoms with Gasteiger partial charge in [0, 0.05) is 11.8 Å². The topological polar surface area (TPSA) is 59.6 Å². The molecule has 5 nitrogen and oxygen atoms in total. The third-order valence-corrected chi connectivity index (χ3v) is 3.69. The lowest BCUT2D eigenvalue weighted by Gasteiger charge is -2.10. The van der Waals surface area contributed by atoms with Gasteiger partial charge >= 0.3 is 6.03 Å². The molecular weight excluding hydrogens is 351 g/mol. The number of amides is 2. The van der Waals surface area contributed by atoms with E-state index in [0.29, 0.717) is 41.2 Å². The van der Waals surface area contributed by atoms with Crippen LogP contribution in [0.15, 0.2) is 42.5 Å². The number of carbonyl (C=O) groups excluding carboxylic acids is 1. The van der Waals surface area contributed by atoms with Gasteiger partial charge in [-0.1, -0.05) is 29.3 Å². The number of hydrogen-bond donors (Lipinski definition) is 2. The average Bonchev–Trinajstić information content (AvgIpc) is 2.56. The Bertz CT molecular complexity index is 695. The van der Waals surface area contributed by atoms with Crippen LogP contribution >= 0.6 is 23.2 Å². The second kappa shape index (κ2) is 9.25. The van der Waals surface area contributed by atoms with Crippen molar-refractivity contribution in [3.8, 4) is 11.5 Å². The fourth-order valence-corrected chi connectivity index (χ4v) is 2.20. The van der Waals surface area contributed by atoms with Gasteiger partial charge in [-0.15, -0.1) is 0 Å². The van der Waals surface area contributed by atoms with E-state index in [9.17, 15) is 4.79 Å². The molecule has 2 aromatic carbocycles. The third-order valence-electron chi connectivity index (χ3n) is 2.95. The van der Waals surface area contributed by atoms with E-state index < -0.39 is 0 Å². The molecular formula is C17H18Cl2N2O3. The van der Waals surface area contributed by atoms with Gasteiger partial charge in [-0.25, -0.2) is 4.79 Å². The summed E-state index contributed by atoms with van der Waals surface area (Å²) < 4.78 is 11.0. The quantitative estimate of drug-likeness (QED) is 0.702. The number of benzene rings is 2. The zero-order valence-corrected chi connectivity index (χ0v) is 14.7. The molecule has 0 bridgehead atoms. The molecule has 24 heavy (non-hydrogen) atoms. The van der Waals surface area contributed by atoms with E-state index in [2.05, 4.69) is 10.6 Å². The first-order valence-corrected chi connectivity index (χ1v) is 8.19. The van der Waals surface area contributed by atoms with Crippen molar-refractivity contribution in [2.45, 2.75) is 6.92 Å². The highest BCUT2D eigenvalue weighted by atomic mass is 35.5. The Kier molecular flexibility index (Phi) is 7.03. The van der Waals surface area contributed by atoms with E-state index in [-0.39, 0.29) is 6.03 Å². The van der Waals surface area contributed by atoms with Crippen molar-refractivity contribution in [1.29, 1.82) is 0 Å². The zero-order chi connectivity index (χ0) is 17.4. The Morgan fingerprint density at radius 2 is 1.79 bits per heavy atom. The molecule has 0 aliphatic heterocycles. The van der Waals surface area contributed by atoms with Crippen molar-refractivity contribution in [3.05, 3.63) is 52.5 Å². The molecule has 0 aliphatic rings. The van der Waals surface area contributed by atoms with Crippen LogP contribution in [-0.4, -0.2) is 25.8 Å². The van der Waals surface area contributed by atoms with Crippen LogP contribution in [0.25, 0.3) is 0 Å². The molecule has 2 rings (SSSR count). The van der Waals surface area contributed by atoms with Gasteiger partial charge in [-0.05, 0) is 37.3 Å². The van der Waals surface area contributed by atoms with E-state index >= 15 is 0 Å². The number of urea groups is 1. The first-order chi connectivity index (χ1) is 11.6. The molecule has 0 atom stereocenters. The molecule has 0 radical (unpaired) electrons. The van der Waals surface area contributed by atoms with Gasteiger partial charge < -0.3 is 20.1 Å².